The summed E-state index contributed by atoms with van der Waals surface area (Å²) in [7, 11) is 1.67. The van der Waals surface area contributed by atoms with Crippen molar-refractivity contribution < 1.29 is 18.7 Å². The highest BCUT2D eigenvalue weighted by molar-refractivity contribution is 5.90. The van der Waals surface area contributed by atoms with Gasteiger partial charge in [0.05, 0.1) is 11.7 Å². The lowest BCUT2D eigenvalue weighted by Gasteiger charge is -2.25. The number of carbonyl (C=O) groups is 2. The second-order valence-corrected chi connectivity index (χ2v) is 5.70. The van der Waals surface area contributed by atoms with Crippen molar-refractivity contribution in [1.29, 1.82) is 0 Å². The lowest BCUT2D eigenvalue weighted by Crippen LogP contribution is -2.33. The first-order valence-electron chi connectivity index (χ1n) is 7.89. The zero-order valence-electron chi connectivity index (χ0n) is 14.5. The SMILES string of the molecule is CC(=O)Nc1ccccc1OCC(=O)N(C)C(C)c1ccc(F)cc1. The number of anilines is 1. The van der Waals surface area contributed by atoms with Crippen LogP contribution in [0.5, 0.6) is 5.75 Å². The molecule has 5 nitrogen and oxygen atoms in total. The van der Waals surface area contributed by atoms with Crippen molar-refractivity contribution in [3.63, 3.8) is 0 Å². The van der Waals surface area contributed by atoms with Gasteiger partial charge in [0.1, 0.15) is 11.6 Å². The molecule has 0 saturated heterocycles. The van der Waals surface area contributed by atoms with Gasteiger partial charge in [-0.25, -0.2) is 4.39 Å². The number of carbonyl (C=O) groups excluding carboxylic acids is 2. The minimum absolute atomic E-state index is 0.168. The van der Waals surface area contributed by atoms with Crippen LogP contribution in [0.3, 0.4) is 0 Å². The van der Waals surface area contributed by atoms with Crippen molar-refractivity contribution in [2.45, 2.75) is 19.9 Å². The maximum Gasteiger partial charge on any atom is 0.260 e. The lowest BCUT2D eigenvalue weighted by molar-refractivity contribution is -0.134. The molecule has 0 fully saturated rings. The number of hydrogen-bond acceptors (Lipinski definition) is 3. The Hall–Kier alpha value is -2.89. The molecule has 2 aromatic carbocycles. The molecule has 25 heavy (non-hydrogen) atoms. The first kappa shape index (κ1) is 18.4. The first-order chi connectivity index (χ1) is 11.9. The summed E-state index contributed by atoms with van der Waals surface area (Å²) < 4.78 is 18.6. The van der Waals surface area contributed by atoms with Crippen LogP contribution >= 0.6 is 0 Å². The molecular formula is C19H21FN2O3. The van der Waals surface area contributed by atoms with Crippen molar-refractivity contribution in [1.82, 2.24) is 4.90 Å². The summed E-state index contributed by atoms with van der Waals surface area (Å²) in [6, 6.07) is 12.7. The number of nitrogens with zero attached hydrogens (tertiary/aromatic N) is 1. The standard InChI is InChI=1S/C19H21FN2O3/c1-13(15-8-10-16(20)11-9-15)22(3)19(24)12-25-18-7-5-4-6-17(18)21-14(2)23/h4-11,13H,12H2,1-3H3,(H,21,23). The highest BCUT2D eigenvalue weighted by atomic mass is 19.1. The number of rotatable bonds is 6. The van der Waals surface area contributed by atoms with Gasteiger partial charge in [0.15, 0.2) is 6.61 Å². The fourth-order valence-electron chi connectivity index (χ4n) is 2.31. The number of ether oxygens (including phenoxy) is 1. The molecule has 1 atom stereocenters. The molecule has 0 bridgehead atoms. The summed E-state index contributed by atoms with van der Waals surface area (Å²) in [5.41, 5.74) is 1.34. The van der Waals surface area contributed by atoms with E-state index in [9.17, 15) is 14.0 Å². The molecule has 132 valence electrons. The van der Waals surface area contributed by atoms with Crippen molar-refractivity contribution in [2.24, 2.45) is 0 Å². The van der Waals surface area contributed by atoms with E-state index in [-0.39, 0.29) is 30.3 Å². The summed E-state index contributed by atoms with van der Waals surface area (Å²) >= 11 is 0. The van der Waals surface area contributed by atoms with Crippen molar-refractivity contribution >= 4 is 17.5 Å². The van der Waals surface area contributed by atoms with Gasteiger partial charge in [0, 0.05) is 14.0 Å². The Labute approximate surface area is 146 Å². The number of hydrogen-bond donors (Lipinski definition) is 1. The third-order valence-corrected chi connectivity index (χ3v) is 3.88. The summed E-state index contributed by atoms with van der Waals surface area (Å²) in [6.45, 7) is 3.09. The predicted molar refractivity (Wildman–Crippen MR) is 93.8 cm³/mol. The minimum atomic E-state index is -0.317. The topological polar surface area (TPSA) is 58.6 Å². The minimum Gasteiger partial charge on any atom is -0.482 e. The molecule has 2 aromatic rings. The molecular weight excluding hydrogens is 323 g/mol. The van der Waals surface area contributed by atoms with Gasteiger partial charge in [-0.05, 0) is 36.8 Å². The van der Waals surface area contributed by atoms with E-state index in [1.807, 2.05) is 6.92 Å². The molecule has 0 aliphatic heterocycles. The van der Waals surface area contributed by atoms with Gasteiger partial charge in [-0.3, -0.25) is 9.59 Å². The Kier molecular flexibility index (Phi) is 6.11. The van der Waals surface area contributed by atoms with Crippen molar-refractivity contribution in [3.05, 3.63) is 59.9 Å². The summed E-state index contributed by atoms with van der Waals surface area (Å²) in [4.78, 5) is 25.1. The fraction of sp³-hybridized carbons (Fsp3) is 0.263. The highest BCUT2D eigenvalue weighted by Crippen LogP contribution is 2.24. The lowest BCUT2D eigenvalue weighted by atomic mass is 10.1. The van der Waals surface area contributed by atoms with E-state index in [1.165, 1.54) is 24.0 Å². The largest absolute Gasteiger partial charge is 0.482 e. The summed E-state index contributed by atoms with van der Waals surface area (Å²) in [6.07, 6.45) is 0. The van der Waals surface area contributed by atoms with E-state index in [2.05, 4.69) is 5.32 Å². The van der Waals surface area contributed by atoms with Gasteiger partial charge in [0.25, 0.3) is 5.91 Å². The van der Waals surface area contributed by atoms with Gasteiger partial charge in [0.2, 0.25) is 5.91 Å². The zero-order chi connectivity index (χ0) is 18.4. The van der Waals surface area contributed by atoms with E-state index < -0.39 is 0 Å². The van der Waals surface area contributed by atoms with Gasteiger partial charge in [-0.2, -0.15) is 0 Å². The Morgan fingerprint density at radius 3 is 2.44 bits per heavy atom. The van der Waals surface area contributed by atoms with E-state index in [0.717, 1.165) is 5.56 Å². The van der Waals surface area contributed by atoms with Crippen LogP contribution in [0.15, 0.2) is 48.5 Å². The van der Waals surface area contributed by atoms with E-state index >= 15 is 0 Å². The number of nitrogens with one attached hydrogen (secondary N) is 1. The second kappa shape index (κ2) is 8.28. The molecule has 0 radical (unpaired) electrons. The molecule has 2 amide bonds. The molecule has 0 spiro atoms. The number of benzene rings is 2. The van der Waals surface area contributed by atoms with Crippen molar-refractivity contribution in [3.8, 4) is 5.75 Å². The molecule has 0 aliphatic rings. The average Bonchev–Trinajstić information content (AvgIpc) is 2.59. The zero-order valence-corrected chi connectivity index (χ0v) is 14.5. The van der Waals surface area contributed by atoms with Crippen LogP contribution in [-0.4, -0.2) is 30.4 Å². The number of para-hydroxylation sites is 2. The molecule has 0 heterocycles. The average molecular weight is 344 g/mol. The highest BCUT2D eigenvalue weighted by Gasteiger charge is 2.18. The van der Waals surface area contributed by atoms with Crippen LogP contribution in [0.2, 0.25) is 0 Å². The van der Waals surface area contributed by atoms with Crippen LogP contribution < -0.4 is 10.1 Å². The van der Waals surface area contributed by atoms with Crippen LogP contribution in [-0.2, 0) is 9.59 Å². The Bertz CT molecular complexity index is 747. The molecule has 2 rings (SSSR count). The number of amides is 2. The van der Waals surface area contributed by atoms with Gasteiger partial charge >= 0.3 is 0 Å². The van der Waals surface area contributed by atoms with Crippen LogP contribution in [0.25, 0.3) is 0 Å². The Morgan fingerprint density at radius 2 is 1.80 bits per heavy atom. The maximum atomic E-state index is 13.0. The molecule has 0 saturated carbocycles. The Balaban J connectivity index is 2.00. The van der Waals surface area contributed by atoms with E-state index in [1.54, 1.807) is 43.4 Å². The molecule has 1 N–H and O–H groups in total. The van der Waals surface area contributed by atoms with Gasteiger partial charge in [-0.15, -0.1) is 0 Å². The molecule has 0 aromatic heterocycles. The molecule has 6 heteroatoms. The van der Waals surface area contributed by atoms with Crippen molar-refractivity contribution in [2.75, 3.05) is 19.0 Å². The first-order valence-corrected chi connectivity index (χ1v) is 7.89. The predicted octanol–water partition coefficient (Wildman–Crippen LogP) is 3.38. The summed E-state index contributed by atoms with van der Waals surface area (Å²) in [5, 5.41) is 2.66. The van der Waals surface area contributed by atoms with E-state index in [4.69, 9.17) is 4.74 Å². The Morgan fingerprint density at radius 1 is 1.16 bits per heavy atom. The third-order valence-electron chi connectivity index (χ3n) is 3.88. The van der Waals surface area contributed by atoms with Crippen LogP contribution in [0.1, 0.15) is 25.5 Å². The van der Waals surface area contributed by atoms with Gasteiger partial charge in [-0.1, -0.05) is 24.3 Å². The quantitative estimate of drug-likeness (QED) is 0.874. The van der Waals surface area contributed by atoms with Crippen LogP contribution in [0.4, 0.5) is 10.1 Å². The summed E-state index contributed by atoms with van der Waals surface area (Å²) in [5.74, 6) is -0.337. The maximum absolute atomic E-state index is 13.0. The van der Waals surface area contributed by atoms with E-state index in [0.29, 0.717) is 11.4 Å². The molecule has 0 aliphatic carbocycles. The fourth-order valence-corrected chi connectivity index (χ4v) is 2.31. The third kappa shape index (κ3) is 5.04. The van der Waals surface area contributed by atoms with Crippen LogP contribution in [0, 0.1) is 5.82 Å². The van der Waals surface area contributed by atoms with Gasteiger partial charge < -0.3 is 15.0 Å². The normalized spacial score (nSPS) is 11.5. The number of halogens is 1. The molecule has 1 unspecified atom stereocenters. The monoisotopic (exact) mass is 344 g/mol. The number of likely N-dealkylation sites (N-methyl/N-ethyl adjacent to an activating group) is 1. The second-order valence-electron chi connectivity index (χ2n) is 5.70. The smallest absolute Gasteiger partial charge is 0.260 e.